The van der Waals surface area contributed by atoms with Gasteiger partial charge in [-0.1, -0.05) is 35.9 Å². The van der Waals surface area contributed by atoms with E-state index in [2.05, 4.69) is 10.6 Å². The van der Waals surface area contributed by atoms with Crippen molar-refractivity contribution < 1.29 is 14.3 Å². The molecular formula is C22H17ClN2O3. The molecule has 0 spiro atoms. The molecule has 0 bridgehead atoms. The predicted molar refractivity (Wildman–Crippen MR) is 109 cm³/mol. The van der Waals surface area contributed by atoms with Gasteiger partial charge in [0, 0.05) is 10.7 Å². The van der Waals surface area contributed by atoms with Gasteiger partial charge in [-0.15, -0.1) is 0 Å². The van der Waals surface area contributed by atoms with Crippen molar-refractivity contribution in [1.29, 1.82) is 0 Å². The quantitative estimate of drug-likeness (QED) is 0.644. The van der Waals surface area contributed by atoms with Crippen LogP contribution in [-0.4, -0.2) is 11.8 Å². The number of fused-ring (bicyclic) bond motifs is 2. The third-order valence-corrected chi connectivity index (χ3v) is 4.79. The molecule has 1 aliphatic rings. The molecule has 3 aromatic rings. The van der Waals surface area contributed by atoms with Crippen LogP contribution in [0.1, 0.15) is 21.5 Å². The molecule has 0 unspecified atom stereocenters. The lowest BCUT2D eigenvalue weighted by atomic mass is 10.1. The molecule has 4 rings (SSSR count). The van der Waals surface area contributed by atoms with Gasteiger partial charge in [0.15, 0.2) is 5.75 Å². The molecule has 6 heteroatoms. The first kappa shape index (κ1) is 18.1. The molecule has 28 heavy (non-hydrogen) atoms. The van der Waals surface area contributed by atoms with E-state index in [4.69, 9.17) is 16.3 Å². The van der Waals surface area contributed by atoms with Gasteiger partial charge < -0.3 is 15.4 Å². The largest absolute Gasteiger partial charge is 0.454 e. The highest BCUT2D eigenvalue weighted by molar-refractivity contribution is 6.31. The fourth-order valence-corrected chi connectivity index (χ4v) is 3.24. The van der Waals surface area contributed by atoms with Crippen LogP contribution >= 0.6 is 11.6 Å². The molecule has 0 atom stereocenters. The minimum absolute atomic E-state index is 0.143. The molecule has 5 nitrogen and oxygen atoms in total. The number of aryl methyl sites for hydroxylation is 1. The molecule has 0 radical (unpaired) electrons. The highest BCUT2D eigenvalue weighted by Gasteiger charge is 2.21. The van der Waals surface area contributed by atoms with Gasteiger partial charge in [0.05, 0.1) is 17.7 Å². The summed E-state index contributed by atoms with van der Waals surface area (Å²) in [7, 11) is 0. The van der Waals surface area contributed by atoms with Crippen molar-refractivity contribution >= 4 is 34.8 Å². The van der Waals surface area contributed by atoms with E-state index in [9.17, 15) is 9.59 Å². The smallest absolute Gasteiger partial charge is 0.259 e. The summed E-state index contributed by atoms with van der Waals surface area (Å²) in [5.74, 6) is 0.501. The summed E-state index contributed by atoms with van der Waals surface area (Å²) in [6.07, 6.45) is 0.143. The molecule has 0 fully saturated rings. The summed E-state index contributed by atoms with van der Waals surface area (Å²) < 4.78 is 5.89. The second kappa shape index (κ2) is 7.37. The standard InChI is InChI=1S/C22H17ClN2O3/c1-13-6-8-20-18(10-13)25-22(27)16-12-15(7-9-19(16)28-20)24-21(26)11-14-4-2-3-5-17(14)23/h2-10,12H,11H2,1H3,(H,24,26)(H,25,27). The fourth-order valence-electron chi connectivity index (χ4n) is 3.03. The van der Waals surface area contributed by atoms with E-state index in [-0.39, 0.29) is 18.2 Å². The molecule has 0 saturated carbocycles. The summed E-state index contributed by atoms with van der Waals surface area (Å²) in [6, 6.07) is 17.8. The third-order valence-electron chi connectivity index (χ3n) is 4.42. The van der Waals surface area contributed by atoms with Crippen molar-refractivity contribution in [3.8, 4) is 11.5 Å². The predicted octanol–water partition coefficient (Wildman–Crippen LogP) is 5.19. The highest BCUT2D eigenvalue weighted by Crippen LogP contribution is 2.37. The number of rotatable bonds is 3. The zero-order valence-electron chi connectivity index (χ0n) is 15.1. The van der Waals surface area contributed by atoms with Gasteiger partial charge in [-0.05, 0) is 54.4 Å². The second-order valence-electron chi connectivity index (χ2n) is 6.58. The number of carbonyl (C=O) groups is 2. The number of halogens is 1. The van der Waals surface area contributed by atoms with Crippen LogP contribution in [0, 0.1) is 6.92 Å². The zero-order chi connectivity index (χ0) is 19.7. The van der Waals surface area contributed by atoms with E-state index >= 15 is 0 Å². The Morgan fingerprint density at radius 3 is 2.68 bits per heavy atom. The van der Waals surface area contributed by atoms with Crippen LogP contribution in [0.25, 0.3) is 0 Å². The van der Waals surface area contributed by atoms with Crippen LogP contribution in [0.5, 0.6) is 11.5 Å². The first-order valence-electron chi connectivity index (χ1n) is 8.77. The summed E-state index contributed by atoms with van der Waals surface area (Å²) in [4.78, 5) is 25.0. The molecule has 2 N–H and O–H groups in total. The third kappa shape index (κ3) is 3.70. The second-order valence-corrected chi connectivity index (χ2v) is 6.99. The molecule has 0 saturated heterocycles. The lowest BCUT2D eigenvalue weighted by molar-refractivity contribution is -0.115. The minimum atomic E-state index is -0.290. The van der Waals surface area contributed by atoms with Crippen LogP contribution in [0.2, 0.25) is 5.02 Å². The van der Waals surface area contributed by atoms with Crippen molar-refractivity contribution in [1.82, 2.24) is 0 Å². The number of anilines is 2. The van der Waals surface area contributed by atoms with Crippen LogP contribution in [0.4, 0.5) is 11.4 Å². The SMILES string of the molecule is Cc1ccc2c(c1)NC(=O)c1cc(NC(=O)Cc3ccccc3Cl)ccc1O2. The maximum Gasteiger partial charge on any atom is 0.259 e. The van der Waals surface area contributed by atoms with Gasteiger partial charge in [-0.25, -0.2) is 0 Å². The van der Waals surface area contributed by atoms with Crippen molar-refractivity contribution in [3.05, 3.63) is 82.4 Å². The molecule has 2 amide bonds. The molecule has 140 valence electrons. The van der Waals surface area contributed by atoms with Crippen LogP contribution in [0.3, 0.4) is 0 Å². The molecule has 1 aliphatic heterocycles. The van der Waals surface area contributed by atoms with Crippen LogP contribution < -0.4 is 15.4 Å². The highest BCUT2D eigenvalue weighted by atomic mass is 35.5. The van der Waals surface area contributed by atoms with Gasteiger partial charge >= 0.3 is 0 Å². The number of carbonyl (C=O) groups excluding carboxylic acids is 2. The average Bonchev–Trinajstić information content (AvgIpc) is 2.79. The Hall–Kier alpha value is -3.31. The Balaban J connectivity index is 1.55. The van der Waals surface area contributed by atoms with E-state index in [0.717, 1.165) is 11.1 Å². The van der Waals surface area contributed by atoms with Gasteiger partial charge in [-0.2, -0.15) is 0 Å². The van der Waals surface area contributed by atoms with E-state index in [1.54, 1.807) is 30.3 Å². The maximum absolute atomic E-state index is 12.6. The fraction of sp³-hybridized carbons (Fsp3) is 0.0909. The Bertz CT molecular complexity index is 1090. The van der Waals surface area contributed by atoms with E-state index < -0.39 is 0 Å². The lowest BCUT2D eigenvalue weighted by Crippen LogP contribution is -2.16. The van der Waals surface area contributed by atoms with E-state index in [1.165, 1.54) is 0 Å². The zero-order valence-corrected chi connectivity index (χ0v) is 15.8. The monoisotopic (exact) mass is 392 g/mol. The number of hydrogen-bond donors (Lipinski definition) is 2. The molecular weight excluding hydrogens is 376 g/mol. The van der Waals surface area contributed by atoms with Crippen molar-refractivity contribution in [2.75, 3.05) is 10.6 Å². The van der Waals surface area contributed by atoms with Crippen LogP contribution in [-0.2, 0) is 11.2 Å². The first-order valence-corrected chi connectivity index (χ1v) is 9.14. The maximum atomic E-state index is 12.6. The van der Waals surface area contributed by atoms with Gasteiger partial charge in [-0.3, -0.25) is 9.59 Å². The van der Waals surface area contributed by atoms with Crippen molar-refractivity contribution in [3.63, 3.8) is 0 Å². The first-order chi connectivity index (χ1) is 13.5. The molecule has 0 aliphatic carbocycles. The molecule has 1 heterocycles. The Morgan fingerprint density at radius 2 is 1.86 bits per heavy atom. The summed E-state index contributed by atoms with van der Waals surface area (Å²) >= 11 is 6.11. The van der Waals surface area contributed by atoms with E-state index in [1.807, 2.05) is 37.3 Å². The van der Waals surface area contributed by atoms with Gasteiger partial charge in [0.1, 0.15) is 5.75 Å². The van der Waals surface area contributed by atoms with Crippen LogP contribution in [0.15, 0.2) is 60.7 Å². The lowest BCUT2D eigenvalue weighted by Gasteiger charge is -2.10. The summed E-state index contributed by atoms with van der Waals surface area (Å²) in [6.45, 7) is 1.94. The van der Waals surface area contributed by atoms with E-state index in [0.29, 0.717) is 33.5 Å². The molecule has 0 aromatic heterocycles. The molecule has 3 aromatic carbocycles. The Kier molecular flexibility index (Phi) is 4.75. The number of amides is 2. The van der Waals surface area contributed by atoms with Crippen molar-refractivity contribution in [2.24, 2.45) is 0 Å². The normalized spacial score (nSPS) is 12.1. The summed E-state index contributed by atoms with van der Waals surface area (Å²) in [5.41, 5.74) is 3.23. The number of nitrogens with one attached hydrogen (secondary N) is 2. The number of benzene rings is 3. The van der Waals surface area contributed by atoms with Gasteiger partial charge in [0.2, 0.25) is 5.91 Å². The number of hydrogen-bond acceptors (Lipinski definition) is 3. The van der Waals surface area contributed by atoms with Crippen molar-refractivity contribution in [2.45, 2.75) is 13.3 Å². The van der Waals surface area contributed by atoms with Gasteiger partial charge in [0.25, 0.3) is 5.91 Å². The number of ether oxygens (including phenoxy) is 1. The average molecular weight is 393 g/mol. The Morgan fingerprint density at radius 1 is 1.07 bits per heavy atom. The topological polar surface area (TPSA) is 67.4 Å². The minimum Gasteiger partial charge on any atom is -0.454 e. The Labute approximate surface area is 167 Å². The summed E-state index contributed by atoms with van der Waals surface area (Å²) in [5, 5.41) is 6.20.